The maximum atomic E-state index is 9.91. The van der Waals surface area contributed by atoms with Crippen molar-refractivity contribution in [3.63, 3.8) is 0 Å². The number of nitrogens with zero attached hydrogens (tertiary/aromatic N) is 1. The van der Waals surface area contributed by atoms with Crippen molar-refractivity contribution < 1.29 is 5.11 Å². The zero-order chi connectivity index (χ0) is 12.1. The van der Waals surface area contributed by atoms with Crippen molar-refractivity contribution in [3.8, 4) is 0 Å². The van der Waals surface area contributed by atoms with Gasteiger partial charge < -0.3 is 16.2 Å². The van der Waals surface area contributed by atoms with Crippen LogP contribution in [-0.4, -0.2) is 29.3 Å². The molecule has 0 bridgehead atoms. The number of aliphatic imine (C=N–C) groups is 1. The quantitative estimate of drug-likeness (QED) is 0.405. The summed E-state index contributed by atoms with van der Waals surface area (Å²) in [5, 5.41) is 13.2. The summed E-state index contributed by atoms with van der Waals surface area (Å²) in [6, 6.07) is 0.513. The number of hydrogen-bond acceptors (Lipinski definition) is 2. The van der Waals surface area contributed by atoms with Crippen LogP contribution in [0.25, 0.3) is 0 Å². The van der Waals surface area contributed by atoms with Gasteiger partial charge in [-0.05, 0) is 38.5 Å². The Morgan fingerprint density at radius 3 is 2.44 bits per heavy atom. The van der Waals surface area contributed by atoms with Crippen LogP contribution in [0.4, 0.5) is 0 Å². The minimum absolute atomic E-state index is 0. The van der Waals surface area contributed by atoms with E-state index in [-0.39, 0.29) is 24.0 Å². The lowest BCUT2D eigenvalue weighted by Gasteiger charge is -2.36. The van der Waals surface area contributed by atoms with Crippen molar-refractivity contribution in [2.45, 2.75) is 69.4 Å². The van der Waals surface area contributed by atoms with E-state index >= 15 is 0 Å². The largest absolute Gasteiger partial charge is 0.390 e. The lowest BCUT2D eigenvalue weighted by molar-refractivity contribution is -0.0377. The molecule has 2 fully saturated rings. The lowest BCUT2D eigenvalue weighted by atomic mass is 9.78. The molecule has 5 heteroatoms. The molecule has 4 N–H and O–H groups in total. The molecule has 2 aliphatic rings. The maximum Gasteiger partial charge on any atom is 0.188 e. The third-order valence-corrected chi connectivity index (χ3v) is 4.10. The van der Waals surface area contributed by atoms with Gasteiger partial charge in [-0.1, -0.05) is 19.3 Å². The van der Waals surface area contributed by atoms with Gasteiger partial charge in [0, 0.05) is 12.6 Å². The Kier molecular flexibility index (Phi) is 6.70. The smallest absolute Gasteiger partial charge is 0.188 e. The number of halogens is 1. The molecule has 0 aromatic carbocycles. The van der Waals surface area contributed by atoms with Crippen molar-refractivity contribution in [2.24, 2.45) is 10.7 Å². The molecule has 18 heavy (non-hydrogen) atoms. The molecule has 0 radical (unpaired) electrons. The van der Waals surface area contributed by atoms with Crippen molar-refractivity contribution in [2.75, 3.05) is 6.54 Å². The van der Waals surface area contributed by atoms with E-state index in [2.05, 4.69) is 10.3 Å². The van der Waals surface area contributed by atoms with Crippen molar-refractivity contribution >= 4 is 29.9 Å². The van der Waals surface area contributed by atoms with Crippen LogP contribution < -0.4 is 11.1 Å². The standard InChI is InChI=1S/C13H25N3O.HI/c14-12(16-11-5-2-1-3-6-11)15-10-9-13(17)7-4-8-13;/h11,17H,1-10H2,(H3,14,15,16);1H. The Labute approximate surface area is 127 Å². The van der Waals surface area contributed by atoms with Gasteiger partial charge in [0.05, 0.1) is 5.60 Å². The topological polar surface area (TPSA) is 70.6 Å². The highest BCUT2D eigenvalue weighted by atomic mass is 127. The molecule has 0 saturated heterocycles. The van der Waals surface area contributed by atoms with Crippen LogP contribution in [0.2, 0.25) is 0 Å². The van der Waals surface area contributed by atoms with E-state index in [0.29, 0.717) is 18.5 Å². The van der Waals surface area contributed by atoms with Crippen LogP contribution in [0, 0.1) is 0 Å². The van der Waals surface area contributed by atoms with Crippen molar-refractivity contribution in [1.82, 2.24) is 5.32 Å². The average molecular weight is 367 g/mol. The summed E-state index contributed by atoms with van der Waals surface area (Å²) in [6.45, 7) is 0.641. The number of nitrogens with one attached hydrogen (secondary N) is 1. The highest BCUT2D eigenvalue weighted by Crippen LogP contribution is 2.34. The van der Waals surface area contributed by atoms with Crippen LogP contribution >= 0.6 is 24.0 Å². The molecule has 0 amide bonds. The fraction of sp³-hybridized carbons (Fsp3) is 0.923. The second-order valence-electron chi connectivity index (χ2n) is 5.57. The summed E-state index contributed by atoms with van der Waals surface area (Å²) in [4.78, 5) is 4.31. The predicted molar refractivity (Wildman–Crippen MR) is 85.3 cm³/mol. The van der Waals surface area contributed by atoms with Gasteiger partial charge in [-0.3, -0.25) is 4.99 Å². The first-order chi connectivity index (χ1) is 8.18. The second kappa shape index (κ2) is 7.53. The molecule has 0 atom stereocenters. The van der Waals surface area contributed by atoms with Crippen molar-refractivity contribution in [1.29, 1.82) is 0 Å². The Hall–Kier alpha value is -0.0400. The summed E-state index contributed by atoms with van der Waals surface area (Å²) in [5.74, 6) is 0.555. The average Bonchev–Trinajstić information content (AvgIpc) is 2.28. The molecule has 0 aromatic heterocycles. The zero-order valence-corrected chi connectivity index (χ0v) is 13.4. The van der Waals surface area contributed by atoms with E-state index in [0.717, 1.165) is 25.7 Å². The van der Waals surface area contributed by atoms with E-state index in [1.54, 1.807) is 0 Å². The third kappa shape index (κ3) is 4.91. The number of nitrogens with two attached hydrogens (primary N) is 1. The highest BCUT2D eigenvalue weighted by Gasteiger charge is 2.33. The van der Waals surface area contributed by atoms with Crippen LogP contribution in [0.3, 0.4) is 0 Å². The Morgan fingerprint density at radius 1 is 1.22 bits per heavy atom. The first kappa shape index (κ1) is 16.0. The van der Waals surface area contributed by atoms with E-state index in [4.69, 9.17) is 5.73 Å². The third-order valence-electron chi connectivity index (χ3n) is 4.10. The summed E-state index contributed by atoms with van der Waals surface area (Å²) < 4.78 is 0. The van der Waals surface area contributed by atoms with E-state index in [9.17, 15) is 5.11 Å². The minimum Gasteiger partial charge on any atom is -0.390 e. The predicted octanol–water partition coefficient (Wildman–Crippen LogP) is 2.15. The Bertz CT molecular complexity index is 273. The number of guanidine groups is 1. The number of rotatable bonds is 4. The minimum atomic E-state index is -0.436. The van der Waals surface area contributed by atoms with Gasteiger partial charge in [-0.2, -0.15) is 0 Å². The molecule has 0 spiro atoms. The number of hydrogen-bond donors (Lipinski definition) is 3. The fourth-order valence-electron chi connectivity index (χ4n) is 2.72. The normalized spacial score (nSPS) is 23.9. The molecule has 0 aromatic rings. The second-order valence-corrected chi connectivity index (χ2v) is 5.57. The summed E-state index contributed by atoms with van der Waals surface area (Å²) in [5.41, 5.74) is 5.41. The monoisotopic (exact) mass is 367 g/mol. The van der Waals surface area contributed by atoms with Crippen LogP contribution in [0.5, 0.6) is 0 Å². The summed E-state index contributed by atoms with van der Waals surface area (Å²) in [7, 11) is 0. The zero-order valence-electron chi connectivity index (χ0n) is 11.0. The van der Waals surface area contributed by atoms with Gasteiger partial charge in [0.1, 0.15) is 0 Å². The van der Waals surface area contributed by atoms with Crippen LogP contribution in [0.1, 0.15) is 57.8 Å². The molecule has 2 aliphatic carbocycles. The molecule has 106 valence electrons. The lowest BCUT2D eigenvalue weighted by Crippen LogP contribution is -2.42. The molecule has 0 heterocycles. The molecular weight excluding hydrogens is 341 g/mol. The molecule has 2 saturated carbocycles. The molecule has 0 aliphatic heterocycles. The van der Waals surface area contributed by atoms with Gasteiger partial charge >= 0.3 is 0 Å². The first-order valence-corrected chi connectivity index (χ1v) is 6.97. The first-order valence-electron chi connectivity index (χ1n) is 6.97. The highest BCUT2D eigenvalue weighted by molar-refractivity contribution is 14.0. The van der Waals surface area contributed by atoms with E-state index < -0.39 is 5.60 Å². The van der Waals surface area contributed by atoms with E-state index in [1.165, 1.54) is 32.1 Å². The van der Waals surface area contributed by atoms with Crippen LogP contribution in [-0.2, 0) is 0 Å². The molecule has 2 rings (SSSR count). The summed E-state index contributed by atoms with van der Waals surface area (Å²) >= 11 is 0. The Morgan fingerprint density at radius 2 is 1.89 bits per heavy atom. The maximum absolute atomic E-state index is 9.91. The Balaban J connectivity index is 0.00000162. The van der Waals surface area contributed by atoms with Gasteiger partial charge in [0.2, 0.25) is 0 Å². The van der Waals surface area contributed by atoms with Crippen LogP contribution in [0.15, 0.2) is 4.99 Å². The van der Waals surface area contributed by atoms with Gasteiger partial charge in [0.15, 0.2) is 5.96 Å². The molecule has 0 unspecified atom stereocenters. The SMILES string of the molecule is I.NC(=NCCC1(O)CCC1)NC1CCCCC1. The van der Waals surface area contributed by atoms with Crippen molar-refractivity contribution in [3.05, 3.63) is 0 Å². The van der Waals surface area contributed by atoms with E-state index in [1.807, 2.05) is 0 Å². The molecule has 4 nitrogen and oxygen atoms in total. The van der Waals surface area contributed by atoms with Gasteiger partial charge in [-0.25, -0.2) is 0 Å². The summed E-state index contributed by atoms with van der Waals surface area (Å²) in [6.07, 6.45) is 10.1. The van der Waals surface area contributed by atoms with Gasteiger partial charge in [-0.15, -0.1) is 24.0 Å². The molecular formula is C13H26IN3O. The fourth-order valence-corrected chi connectivity index (χ4v) is 2.72. The number of aliphatic hydroxyl groups is 1. The van der Waals surface area contributed by atoms with Gasteiger partial charge in [0.25, 0.3) is 0 Å².